The molecule has 1 aliphatic rings. The second-order valence-corrected chi connectivity index (χ2v) is 8.34. The molecule has 2 heterocycles. The normalized spacial score (nSPS) is 13.4. The number of anilines is 1. The standard InChI is InChI=1S/C24H24ClFN4O2/c1-15-6-5-7-19(24(32)29-12-3-4-13-29)21(15)27-23(31)20-16(2)28-30(22(20)25)14-17-8-10-18(26)11-9-17/h5-11H,3-4,12-14H2,1-2H3,(H,27,31). The molecule has 166 valence electrons. The number of amides is 2. The largest absolute Gasteiger partial charge is 0.339 e. The van der Waals surface area contributed by atoms with E-state index in [1.54, 1.807) is 25.1 Å². The summed E-state index contributed by atoms with van der Waals surface area (Å²) in [5.74, 6) is -0.840. The average Bonchev–Trinajstić information content (AvgIpc) is 3.39. The lowest BCUT2D eigenvalue weighted by Crippen LogP contribution is -2.29. The highest BCUT2D eigenvalue weighted by Gasteiger charge is 2.26. The molecular weight excluding hydrogens is 431 g/mol. The van der Waals surface area contributed by atoms with Gasteiger partial charge in [-0.25, -0.2) is 9.07 Å². The molecule has 6 nitrogen and oxygen atoms in total. The monoisotopic (exact) mass is 454 g/mol. The van der Waals surface area contributed by atoms with Crippen molar-refractivity contribution in [3.8, 4) is 0 Å². The summed E-state index contributed by atoms with van der Waals surface area (Å²) in [5, 5.41) is 7.47. The van der Waals surface area contributed by atoms with Gasteiger partial charge in [0.25, 0.3) is 11.8 Å². The first-order chi connectivity index (χ1) is 15.3. The van der Waals surface area contributed by atoms with Crippen molar-refractivity contribution < 1.29 is 14.0 Å². The topological polar surface area (TPSA) is 67.2 Å². The third-order valence-corrected chi connectivity index (χ3v) is 6.06. The van der Waals surface area contributed by atoms with Gasteiger partial charge in [-0.2, -0.15) is 5.10 Å². The molecule has 1 fully saturated rings. The molecule has 0 unspecified atom stereocenters. The van der Waals surface area contributed by atoms with Gasteiger partial charge < -0.3 is 10.2 Å². The number of benzene rings is 2. The number of likely N-dealkylation sites (tertiary alicyclic amines) is 1. The molecule has 1 N–H and O–H groups in total. The van der Waals surface area contributed by atoms with Crippen LogP contribution in [0.3, 0.4) is 0 Å². The molecule has 2 amide bonds. The van der Waals surface area contributed by atoms with Gasteiger partial charge in [-0.1, -0.05) is 35.9 Å². The van der Waals surface area contributed by atoms with Gasteiger partial charge in [-0.05, 0) is 56.0 Å². The number of nitrogens with one attached hydrogen (secondary N) is 1. The summed E-state index contributed by atoms with van der Waals surface area (Å²) in [6.07, 6.45) is 1.97. The Hall–Kier alpha value is -3.19. The second-order valence-electron chi connectivity index (χ2n) is 7.99. The molecular formula is C24H24ClFN4O2. The number of aryl methyl sites for hydroxylation is 2. The quantitative estimate of drug-likeness (QED) is 0.600. The fourth-order valence-corrected chi connectivity index (χ4v) is 4.28. The predicted octanol–water partition coefficient (Wildman–Crippen LogP) is 4.83. The lowest BCUT2D eigenvalue weighted by molar-refractivity contribution is 0.0793. The lowest BCUT2D eigenvalue weighted by Gasteiger charge is -2.19. The number of carbonyl (C=O) groups is 2. The molecule has 32 heavy (non-hydrogen) atoms. The van der Waals surface area contributed by atoms with Crippen LogP contribution in [0.15, 0.2) is 42.5 Å². The highest BCUT2D eigenvalue weighted by atomic mass is 35.5. The van der Waals surface area contributed by atoms with E-state index in [-0.39, 0.29) is 22.4 Å². The van der Waals surface area contributed by atoms with E-state index in [1.807, 2.05) is 24.0 Å². The average molecular weight is 455 g/mol. The molecule has 0 bridgehead atoms. The fraction of sp³-hybridized carbons (Fsp3) is 0.292. The molecule has 8 heteroatoms. The third-order valence-electron chi connectivity index (χ3n) is 5.67. The van der Waals surface area contributed by atoms with Gasteiger partial charge in [0.15, 0.2) is 0 Å². The SMILES string of the molecule is Cc1cccc(C(=O)N2CCCC2)c1NC(=O)c1c(C)nn(Cc2ccc(F)cc2)c1Cl. The minimum atomic E-state index is -0.428. The van der Waals surface area contributed by atoms with Crippen molar-refractivity contribution in [2.24, 2.45) is 0 Å². The molecule has 1 aliphatic heterocycles. The summed E-state index contributed by atoms with van der Waals surface area (Å²) in [5.41, 5.74) is 3.26. The van der Waals surface area contributed by atoms with Crippen LogP contribution in [0, 0.1) is 19.7 Å². The van der Waals surface area contributed by atoms with Crippen molar-refractivity contribution in [3.63, 3.8) is 0 Å². The maximum atomic E-state index is 13.2. The highest BCUT2D eigenvalue weighted by Crippen LogP contribution is 2.27. The van der Waals surface area contributed by atoms with Gasteiger partial charge >= 0.3 is 0 Å². The van der Waals surface area contributed by atoms with E-state index in [4.69, 9.17) is 11.6 Å². The minimum Gasteiger partial charge on any atom is -0.339 e. The van der Waals surface area contributed by atoms with Gasteiger partial charge in [-0.3, -0.25) is 9.59 Å². The van der Waals surface area contributed by atoms with E-state index in [0.717, 1.165) is 37.1 Å². The Labute approximate surface area is 191 Å². The van der Waals surface area contributed by atoms with Crippen LogP contribution < -0.4 is 5.32 Å². The molecule has 3 aromatic rings. The van der Waals surface area contributed by atoms with Gasteiger partial charge in [0.05, 0.1) is 29.1 Å². The van der Waals surface area contributed by atoms with Gasteiger partial charge in [0, 0.05) is 13.1 Å². The van der Waals surface area contributed by atoms with E-state index >= 15 is 0 Å². The highest BCUT2D eigenvalue weighted by molar-refractivity contribution is 6.33. The first-order valence-electron chi connectivity index (χ1n) is 10.5. The molecule has 4 rings (SSSR count). The van der Waals surface area contributed by atoms with E-state index in [2.05, 4.69) is 10.4 Å². The number of rotatable bonds is 5. The fourth-order valence-electron chi connectivity index (χ4n) is 3.96. The number of halogens is 2. The molecule has 1 aromatic heterocycles. The summed E-state index contributed by atoms with van der Waals surface area (Å²) in [4.78, 5) is 28.0. The number of aromatic nitrogens is 2. The van der Waals surface area contributed by atoms with Gasteiger partial charge in [-0.15, -0.1) is 0 Å². The first kappa shape index (κ1) is 22.0. The maximum Gasteiger partial charge on any atom is 0.260 e. The molecule has 0 radical (unpaired) electrons. The molecule has 1 saturated heterocycles. The number of nitrogens with zero attached hydrogens (tertiary/aromatic N) is 3. The van der Waals surface area contributed by atoms with Crippen LogP contribution in [0.5, 0.6) is 0 Å². The minimum absolute atomic E-state index is 0.0867. The van der Waals surface area contributed by atoms with Gasteiger partial charge in [0.1, 0.15) is 11.0 Å². The lowest BCUT2D eigenvalue weighted by atomic mass is 10.1. The van der Waals surface area contributed by atoms with Crippen LogP contribution in [-0.2, 0) is 6.54 Å². The Morgan fingerprint density at radius 3 is 2.47 bits per heavy atom. The summed E-state index contributed by atoms with van der Waals surface area (Å²) in [7, 11) is 0. The molecule has 0 aliphatic carbocycles. The number of carbonyl (C=O) groups excluding carboxylic acids is 2. The van der Waals surface area contributed by atoms with E-state index in [1.165, 1.54) is 16.8 Å². The Bertz CT molecular complexity index is 1170. The van der Waals surface area contributed by atoms with Crippen LogP contribution in [0.2, 0.25) is 5.15 Å². The van der Waals surface area contributed by atoms with Crippen molar-refractivity contribution in [1.29, 1.82) is 0 Å². The van der Waals surface area contributed by atoms with E-state index < -0.39 is 5.91 Å². The Morgan fingerprint density at radius 1 is 1.09 bits per heavy atom. The van der Waals surface area contributed by atoms with Crippen LogP contribution >= 0.6 is 11.6 Å². The van der Waals surface area contributed by atoms with Crippen molar-refractivity contribution >= 4 is 29.1 Å². The summed E-state index contributed by atoms with van der Waals surface area (Å²) < 4.78 is 14.7. The van der Waals surface area contributed by atoms with Crippen LogP contribution in [0.1, 0.15) is 50.4 Å². The molecule has 0 saturated carbocycles. The Kier molecular flexibility index (Phi) is 6.28. The summed E-state index contributed by atoms with van der Waals surface area (Å²) in [6.45, 7) is 5.30. The molecule has 2 aromatic carbocycles. The van der Waals surface area contributed by atoms with Crippen LogP contribution in [-0.4, -0.2) is 39.6 Å². The van der Waals surface area contributed by atoms with Crippen molar-refractivity contribution in [2.45, 2.75) is 33.2 Å². The Balaban J connectivity index is 1.60. The Morgan fingerprint density at radius 2 is 1.78 bits per heavy atom. The van der Waals surface area contributed by atoms with Crippen LogP contribution in [0.25, 0.3) is 0 Å². The zero-order valence-electron chi connectivity index (χ0n) is 18.0. The zero-order valence-corrected chi connectivity index (χ0v) is 18.7. The van der Waals surface area contributed by atoms with Crippen molar-refractivity contribution in [1.82, 2.24) is 14.7 Å². The number of hydrogen-bond donors (Lipinski definition) is 1. The van der Waals surface area contributed by atoms with Crippen molar-refractivity contribution in [2.75, 3.05) is 18.4 Å². The summed E-state index contributed by atoms with van der Waals surface area (Å²) >= 11 is 6.51. The summed E-state index contributed by atoms with van der Waals surface area (Å²) in [6, 6.07) is 11.4. The molecule has 0 atom stereocenters. The smallest absolute Gasteiger partial charge is 0.260 e. The predicted molar refractivity (Wildman–Crippen MR) is 122 cm³/mol. The van der Waals surface area contributed by atoms with Crippen molar-refractivity contribution in [3.05, 3.63) is 81.4 Å². The number of hydrogen-bond acceptors (Lipinski definition) is 3. The van der Waals surface area contributed by atoms with Gasteiger partial charge in [0.2, 0.25) is 0 Å². The first-order valence-corrected chi connectivity index (χ1v) is 10.9. The van der Waals surface area contributed by atoms with E-state index in [9.17, 15) is 14.0 Å². The zero-order chi connectivity index (χ0) is 22.8. The third kappa shape index (κ3) is 4.39. The maximum absolute atomic E-state index is 13.2. The van der Waals surface area contributed by atoms with E-state index in [0.29, 0.717) is 23.5 Å². The van der Waals surface area contributed by atoms with Crippen LogP contribution in [0.4, 0.5) is 10.1 Å². The molecule has 0 spiro atoms. The second kappa shape index (κ2) is 9.12. The number of para-hydroxylation sites is 1.